The molecule has 0 saturated heterocycles. The van der Waals surface area contributed by atoms with Gasteiger partial charge in [-0.05, 0) is 25.1 Å². The van der Waals surface area contributed by atoms with Gasteiger partial charge < -0.3 is 4.74 Å². The molecule has 0 rings (SSSR count). The van der Waals surface area contributed by atoms with Crippen LogP contribution in [0.1, 0.15) is 65.2 Å². The van der Waals surface area contributed by atoms with Crippen LogP contribution in [0.2, 0.25) is 0 Å². The fourth-order valence-corrected chi connectivity index (χ4v) is 1.53. The zero-order valence-electron chi connectivity index (χ0n) is 9.68. The van der Waals surface area contributed by atoms with Crippen molar-refractivity contribution in [3.63, 3.8) is 0 Å². The first-order valence-electron chi connectivity index (χ1n) is 5.96. The van der Waals surface area contributed by atoms with E-state index in [9.17, 15) is 0 Å². The van der Waals surface area contributed by atoms with Gasteiger partial charge in [0.2, 0.25) is 0 Å². The highest BCUT2D eigenvalue weighted by Crippen LogP contribution is 2.04. The minimum Gasteiger partial charge on any atom is -0.487 e. The Kier molecular flexibility index (Phi) is 10.9. The number of hydrogen-bond acceptors (Lipinski definition) is 2. The van der Waals surface area contributed by atoms with Gasteiger partial charge in [-0.25, -0.2) is 0 Å². The van der Waals surface area contributed by atoms with Crippen LogP contribution in [0, 0.1) is 0 Å². The molecule has 84 valence electrons. The van der Waals surface area contributed by atoms with Gasteiger partial charge >= 0.3 is 0 Å². The predicted molar refractivity (Wildman–Crippen MR) is 66.8 cm³/mol. The summed E-state index contributed by atoms with van der Waals surface area (Å²) in [5, 5.41) is 0.815. The third-order valence-electron chi connectivity index (χ3n) is 2.25. The van der Waals surface area contributed by atoms with Crippen molar-refractivity contribution in [2.45, 2.75) is 65.2 Å². The maximum Gasteiger partial charge on any atom is 0.159 e. The monoisotopic (exact) mass is 216 g/mol. The van der Waals surface area contributed by atoms with E-state index in [4.69, 9.17) is 17.0 Å². The van der Waals surface area contributed by atoms with Gasteiger partial charge in [0.05, 0.1) is 6.61 Å². The van der Waals surface area contributed by atoms with Crippen LogP contribution in [0.4, 0.5) is 0 Å². The summed E-state index contributed by atoms with van der Waals surface area (Å²) >= 11 is 5.12. The Balaban J connectivity index is 3.10. The van der Waals surface area contributed by atoms with Crippen molar-refractivity contribution in [1.82, 2.24) is 0 Å². The fraction of sp³-hybridized carbons (Fsp3) is 0.917. The SMILES string of the molecule is CCCCCCOC(=S)CCCCC. The third kappa shape index (κ3) is 9.97. The lowest BCUT2D eigenvalue weighted by atomic mass is 10.2. The molecule has 0 N–H and O–H groups in total. The molecule has 0 aromatic rings. The van der Waals surface area contributed by atoms with Gasteiger partial charge in [0, 0.05) is 6.42 Å². The number of rotatable bonds is 9. The highest BCUT2D eigenvalue weighted by Gasteiger charge is 1.97. The molecular weight excluding hydrogens is 192 g/mol. The van der Waals surface area contributed by atoms with Gasteiger partial charge in [0.1, 0.15) is 0 Å². The standard InChI is InChI=1S/C12H24OS/c1-3-5-7-9-11-13-12(14)10-8-6-4-2/h3-11H2,1-2H3. The molecule has 2 heteroatoms. The third-order valence-corrected chi connectivity index (χ3v) is 2.57. The maximum absolute atomic E-state index is 5.47. The van der Waals surface area contributed by atoms with Gasteiger partial charge in [-0.1, -0.05) is 46.0 Å². The van der Waals surface area contributed by atoms with Crippen molar-refractivity contribution in [3.8, 4) is 0 Å². The molecule has 0 spiro atoms. The second kappa shape index (κ2) is 11.0. The van der Waals surface area contributed by atoms with Crippen molar-refractivity contribution in [2.24, 2.45) is 0 Å². The Bertz CT molecular complexity index is 134. The molecule has 0 aliphatic rings. The van der Waals surface area contributed by atoms with E-state index in [-0.39, 0.29) is 0 Å². The van der Waals surface area contributed by atoms with Crippen LogP contribution in [0.25, 0.3) is 0 Å². The summed E-state index contributed by atoms with van der Waals surface area (Å²) in [5.74, 6) is 0. The summed E-state index contributed by atoms with van der Waals surface area (Å²) in [5.41, 5.74) is 0. The van der Waals surface area contributed by atoms with E-state index >= 15 is 0 Å². The second-order valence-electron chi connectivity index (χ2n) is 3.74. The molecule has 0 aromatic carbocycles. The second-order valence-corrected chi connectivity index (χ2v) is 4.19. The van der Waals surface area contributed by atoms with E-state index in [0.29, 0.717) is 0 Å². The summed E-state index contributed by atoms with van der Waals surface area (Å²) in [4.78, 5) is 0. The molecule has 0 unspecified atom stereocenters. The summed E-state index contributed by atoms with van der Waals surface area (Å²) in [7, 11) is 0. The van der Waals surface area contributed by atoms with Crippen LogP contribution in [-0.4, -0.2) is 11.7 Å². The first kappa shape index (κ1) is 13.9. The quantitative estimate of drug-likeness (QED) is 0.415. The molecule has 14 heavy (non-hydrogen) atoms. The van der Waals surface area contributed by atoms with E-state index in [1.54, 1.807) is 0 Å². The number of unbranched alkanes of at least 4 members (excludes halogenated alkanes) is 5. The van der Waals surface area contributed by atoms with Crippen LogP contribution >= 0.6 is 12.2 Å². The van der Waals surface area contributed by atoms with Crippen LogP contribution in [0.3, 0.4) is 0 Å². The Morgan fingerprint density at radius 2 is 1.57 bits per heavy atom. The number of hydrogen-bond donors (Lipinski definition) is 0. The molecular formula is C12H24OS. The molecule has 0 radical (unpaired) electrons. The molecule has 0 bridgehead atoms. The highest BCUT2D eigenvalue weighted by atomic mass is 32.1. The number of ether oxygens (including phenoxy) is 1. The average molecular weight is 216 g/mol. The molecule has 0 fully saturated rings. The van der Waals surface area contributed by atoms with Gasteiger partial charge in [-0.3, -0.25) is 0 Å². The van der Waals surface area contributed by atoms with Crippen molar-refractivity contribution < 1.29 is 4.74 Å². The summed E-state index contributed by atoms with van der Waals surface area (Å²) in [6, 6.07) is 0. The molecule has 0 atom stereocenters. The molecule has 1 nitrogen and oxygen atoms in total. The molecule has 0 aromatic heterocycles. The summed E-state index contributed by atoms with van der Waals surface area (Å²) in [6.45, 7) is 5.25. The Morgan fingerprint density at radius 3 is 2.21 bits per heavy atom. The lowest BCUT2D eigenvalue weighted by Gasteiger charge is -2.06. The molecule has 0 aliphatic carbocycles. The van der Waals surface area contributed by atoms with Crippen LogP contribution in [0.15, 0.2) is 0 Å². The van der Waals surface area contributed by atoms with E-state index in [2.05, 4.69) is 13.8 Å². The highest BCUT2D eigenvalue weighted by molar-refractivity contribution is 7.80. The first-order chi connectivity index (χ1) is 6.81. The Labute approximate surface area is 94.2 Å². The lowest BCUT2D eigenvalue weighted by molar-refractivity contribution is 0.291. The van der Waals surface area contributed by atoms with Crippen molar-refractivity contribution in [1.29, 1.82) is 0 Å². The Morgan fingerprint density at radius 1 is 0.929 bits per heavy atom. The zero-order chi connectivity index (χ0) is 10.6. The summed E-state index contributed by atoms with van der Waals surface area (Å²) < 4.78 is 5.47. The maximum atomic E-state index is 5.47. The van der Waals surface area contributed by atoms with Crippen LogP contribution in [-0.2, 0) is 4.74 Å². The molecule has 0 aliphatic heterocycles. The van der Waals surface area contributed by atoms with Gasteiger partial charge in [0.25, 0.3) is 0 Å². The topological polar surface area (TPSA) is 9.23 Å². The smallest absolute Gasteiger partial charge is 0.159 e. The van der Waals surface area contributed by atoms with E-state index < -0.39 is 0 Å². The molecule has 0 saturated carbocycles. The Hall–Kier alpha value is -0.110. The normalized spacial score (nSPS) is 10.1. The molecule has 0 heterocycles. The first-order valence-corrected chi connectivity index (χ1v) is 6.37. The zero-order valence-corrected chi connectivity index (χ0v) is 10.5. The van der Waals surface area contributed by atoms with Gasteiger partial charge in [-0.2, -0.15) is 0 Å². The van der Waals surface area contributed by atoms with Crippen LogP contribution in [0.5, 0.6) is 0 Å². The van der Waals surface area contributed by atoms with Crippen molar-refractivity contribution in [3.05, 3.63) is 0 Å². The van der Waals surface area contributed by atoms with Crippen molar-refractivity contribution in [2.75, 3.05) is 6.61 Å². The molecule has 0 amide bonds. The van der Waals surface area contributed by atoms with E-state index in [0.717, 1.165) is 24.5 Å². The van der Waals surface area contributed by atoms with Gasteiger partial charge in [0.15, 0.2) is 5.05 Å². The average Bonchev–Trinajstić information content (AvgIpc) is 2.18. The largest absolute Gasteiger partial charge is 0.487 e. The fourth-order valence-electron chi connectivity index (χ4n) is 1.31. The van der Waals surface area contributed by atoms with E-state index in [1.165, 1.54) is 38.5 Å². The lowest BCUT2D eigenvalue weighted by Crippen LogP contribution is -2.03. The van der Waals surface area contributed by atoms with Crippen molar-refractivity contribution >= 4 is 17.3 Å². The summed E-state index contributed by atoms with van der Waals surface area (Å²) in [6.07, 6.45) is 9.68. The minimum atomic E-state index is 0.815. The van der Waals surface area contributed by atoms with Gasteiger partial charge in [-0.15, -0.1) is 0 Å². The van der Waals surface area contributed by atoms with Crippen LogP contribution < -0.4 is 0 Å². The minimum absolute atomic E-state index is 0.815. The van der Waals surface area contributed by atoms with E-state index in [1.807, 2.05) is 0 Å². The number of thiocarbonyl (C=S) groups is 1. The predicted octanol–water partition coefficient (Wildman–Crippen LogP) is 4.49.